The highest BCUT2D eigenvalue weighted by Gasteiger charge is 2.23. The number of nitrogens with one attached hydrogen (secondary N) is 1. The van der Waals surface area contributed by atoms with Crippen LogP contribution in [0.5, 0.6) is 0 Å². The van der Waals surface area contributed by atoms with Crippen molar-refractivity contribution < 1.29 is 14.0 Å². The first kappa shape index (κ1) is 15.0. The Hall–Kier alpha value is -1.43. The molecule has 2 rings (SSSR count). The smallest absolute Gasteiger partial charge is 0.254 e. The summed E-state index contributed by atoms with van der Waals surface area (Å²) in [6.07, 6.45) is 6.91. The van der Waals surface area contributed by atoms with E-state index < -0.39 is 0 Å². The fourth-order valence-corrected chi connectivity index (χ4v) is 2.84. The van der Waals surface area contributed by atoms with E-state index in [0.717, 1.165) is 25.9 Å². The third kappa shape index (κ3) is 4.03. The molecule has 1 N–H and O–H groups in total. The fourth-order valence-electron chi connectivity index (χ4n) is 2.41. The van der Waals surface area contributed by atoms with Crippen LogP contribution in [0.2, 0.25) is 0 Å². The quantitative estimate of drug-likeness (QED) is 0.896. The van der Waals surface area contributed by atoms with E-state index in [1.807, 2.05) is 11.2 Å². The molecule has 1 unspecified atom stereocenters. The monoisotopic (exact) mass is 296 g/mol. The van der Waals surface area contributed by atoms with Crippen LogP contribution in [-0.4, -0.2) is 48.4 Å². The van der Waals surface area contributed by atoms with Gasteiger partial charge in [-0.1, -0.05) is 0 Å². The SMILES string of the molecule is CSCC(=O)N1CCCC(CNC(=O)c2ccoc2)C1. The molecule has 6 heteroatoms. The molecule has 20 heavy (non-hydrogen) atoms. The number of carbonyl (C=O) groups is 2. The van der Waals surface area contributed by atoms with E-state index in [1.165, 1.54) is 12.5 Å². The summed E-state index contributed by atoms with van der Waals surface area (Å²) in [4.78, 5) is 25.6. The van der Waals surface area contributed by atoms with Gasteiger partial charge >= 0.3 is 0 Å². The van der Waals surface area contributed by atoms with E-state index in [9.17, 15) is 9.59 Å². The number of amides is 2. The van der Waals surface area contributed by atoms with Crippen LogP contribution >= 0.6 is 11.8 Å². The van der Waals surface area contributed by atoms with Gasteiger partial charge in [-0.15, -0.1) is 0 Å². The van der Waals surface area contributed by atoms with Crippen molar-refractivity contribution in [2.75, 3.05) is 31.6 Å². The number of nitrogens with zero attached hydrogens (tertiary/aromatic N) is 1. The van der Waals surface area contributed by atoms with Crippen molar-refractivity contribution in [3.8, 4) is 0 Å². The maximum atomic E-state index is 11.9. The maximum Gasteiger partial charge on any atom is 0.254 e. The first-order valence-electron chi connectivity index (χ1n) is 6.78. The van der Waals surface area contributed by atoms with E-state index in [4.69, 9.17) is 4.42 Å². The Balaban J connectivity index is 1.78. The minimum Gasteiger partial charge on any atom is -0.472 e. The first-order valence-corrected chi connectivity index (χ1v) is 8.17. The Kier molecular flexibility index (Phi) is 5.52. The van der Waals surface area contributed by atoms with Crippen molar-refractivity contribution in [1.29, 1.82) is 0 Å². The zero-order valence-corrected chi connectivity index (χ0v) is 12.4. The summed E-state index contributed by atoms with van der Waals surface area (Å²) in [7, 11) is 0. The topological polar surface area (TPSA) is 62.6 Å². The molecule has 110 valence electrons. The van der Waals surface area contributed by atoms with Crippen molar-refractivity contribution in [1.82, 2.24) is 10.2 Å². The Morgan fingerprint density at radius 1 is 1.55 bits per heavy atom. The molecule has 0 aromatic carbocycles. The number of likely N-dealkylation sites (tertiary alicyclic amines) is 1. The predicted molar refractivity (Wildman–Crippen MR) is 78.7 cm³/mol. The molecule has 0 saturated carbocycles. The summed E-state index contributed by atoms with van der Waals surface area (Å²) in [6, 6.07) is 1.64. The van der Waals surface area contributed by atoms with Gasteiger partial charge in [-0.2, -0.15) is 11.8 Å². The van der Waals surface area contributed by atoms with Crippen LogP contribution < -0.4 is 5.32 Å². The van der Waals surface area contributed by atoms with Crippen LogP contribution in [0.1, 0.15) is 23.2 Å². The molecule has 5 nitrogen and oxygen atoms in total. The van der Waals surface area contributed by atoms with Gasteiger partial charge in [0.1, 0.15) is 6.26 Å². The Bertz CT molecular complexity index is 447. The van der Waals surface area contributed by atoms with Gasteiger partial charge in [0.05, 0.1) is 17.6 Å². The van der Waals surface area contributed by atoms with Crippen molar-refractivity contribution in [3.05, 3.63) is 24.2 Å². The van der Waals surface area contributed by atoms with Gasteiger partial charge in [0, 0.05) is 19.6 Å². The third-order valence-corrected chi connectivity index (χ3v) is 4.01. The lowest BCUT2D eigenvalue weighted by Gasteiger charge is -2.32. The second kappa shape index (κ2) is 7.38. The van der Waals surface area contributed by atoms with Crippen LogP contribution in [-0.2, 0) is 4.79 Å². The molecule has 1 atom stereocenters. The Labute approximate surface area is 123 Å². The van der Waals surface area contributed by atoms with Crippen molar-refractivity contribution in [3.63, 3.8) is 0 Å². The molecule has 1 aliphatic heterocycles. The van der Waals surface area contributed by atoms with Gasteiger partial charge in [0.15, 0.2) is 0 Å². The third-order valence-electron chi connectivity index (χ3n) is 3.47. The van der Waals surface area contributed by atoms with Crippen LogP contribution in [0.4, 0.5) is 0 Å². The van der Waals surface area contributed by atoms with Gasteiger partial charge in [-0.3, -0.25) is 9.59 Å². The summed E-state index contributed by atoms with van der Waals surface area (Å²) in [5.74, 6) is 0.953. The second-order valence-corrected chi connectivity index (χ2v) is 5.87. The molecule has 1 saturated heterocycles. The van der Waals surface area contributed by atoms with Gasteiger partial charge in [0.2, 0.25) is 5.91 Å². The molecule has 1 aromatic heterocycles. The van der Waals surface area contributed by atoms with Crippen molar-refractivity contribution in [2.24, 2.45) is 5.92 Å². The van der Waals surface area contributed by atoms with E-state index in [-0.39, 0.29) is 11.8 Å². The number of hydrogen-bond acceptors (Lipinski definition) is 4. The van der Waals surface area contributed by atoms with Gasteiger partial charge in [0.25, 0.3) is 5.91 Å². The average Bonchev–Trinajstić information content (AvgIpc) is 2.99. The molecule has 0 spiro atoms. The summed E-state index contributed by atoms with van der Waals surface area (Å²) < 4.78 is 4.89. The van der Waals surface area contributed by atoms with E-state index in [2.05, 4.69) is 5.32 Å². The highest BCUT2D eigenvalue weighted by Crippen LogP contribution is 2.16. The number of piperidine rings is 1. The lowest BCUT2D eigenvalue weighted by molar-refractivity contribution is -0.130. The number of carbonyl (C=O) groups excluding carboxylic acids is 2. The number of hydrogen-bond donors (Lipinski definition) is 1. The zero-order valence-electron chi connectivity index (χ0n) is 11.6. The summed E-state index contributed by atoms with van der Waals surface area (Å²) in [5, 5.41) is 2.90. The minimum atomic E-state index is -0.119. The Morgan fingerprint density at radius 3 is 3.10 bits per heavy atom. The standard InChI is InChI=1S/C14H20N2O3S/c1-20-10-13(17)16-5-2-3-11(8-16)7-15-14(18)12-4-6-19-9-12/h4,6,9,11H,2-3,5,7-8,10H2,1H3,(H,15,18). The second-order valence-electron chi connectivity index (χ2n) is 5.00. The highest BCUT2D eigenvalue weighted by molar-refractivity contribution is 7.99. The molecule has 1 fully saturated rings. The van der Waals surface area contributed by atoms with E-state index in [1.54, 1.807) is 17.8 Å². The van der Waals surface area contributed by atoms with E-state index >= 15 is 0 Å². The molecule has 2 heterocycles. The maximum absolute atomic E-state index is 11.9. The van der Waals surface area contributed by atoms with Gasteiger partial charge in [-0.05, 0) is 31.1 Å². The highest BCUT2D eigenvalue weighted by atomic mass is 32.2. The Morgan fingerprint density at radius 2 is 2.40 bits per heavy atom. The average molecular weight is 296 g/mol. The number of thioether (sulfide) groups is 1. The lowest BCUT2D eigenvalue weighted by atomic mass is 9.98. The normalized spacial score (nSPS) is 18.9. The lowest BCUT2D eigenvalue weighted by Crippen LogP contribution is -2.44. The van der Waals surface area contributed by atoms with Crippen LogP contribution in [0.3, 0.4) is 0 Å². The van der Waals surface area contributed by atoms with Crippen LogP contribution in [0.15, 0.2) is 23.0 Å². The molecule has 1 aliphatic rings. The van der Waals surface area contributed by atoms with Gasteiger partial charge < -0.3 is 14.6 Å². The molecular weight excluding hydrogens is 276 g/mol. The van der Waals surface area contributed by atoms with E-state index in [0.29, 0.717) is 23.8 Å². The van der Waals surface area contributed by atoms with Crippen LogP contribution in [0, 0.1) is 5.92 Å². The molecular formula is C14H20N2O3S. The predicted octanol–water partition coefficient (Wildman–Crippen LogP) is 1.61. The largest absolute Gasteiger partial charge is 0.472 e. The van der Waals surface area contributed by atoms with Crippen LogP contribution in [0.25, 0.3) is 0 Å². The fraction of sp³-hybridized carbons (Fsp3) is 0.571. The summed E-state index contributed by atoms with van der Waals surface area (Å²) in [6.45, 7) is 2.18. The number of furan rings is 1. The first-order chi connectivity index (χ1) is 9.70. The van der Waals surface area contributed by atoms with Crippen molar-refractivity contribution >= 4 is 23.6 Å². The zero-order chi connectivity index (χ0) is 14.4. The van der Waals surface area contributed by atoms with Gasteiger partial charge in [-0.25, -0.2) is 0 Å². The molecule has 0 aliphatic carbocycles. The molecule has 1 aromatic rings. The van der Waals surface area contributed by atoms with Crippen molar-refractivity contribution in [2.45, 2.75) is 12.8 Å². The molecule has 0 bridgehead atoms. The molecule has 0 radical (unpaired) electrons. The molecule has 2 amide bonds. The summed E-state index contributed by atoms with van der Waals surface area (Å²) in [5.41, 5.74) is 0.538. The minimum absolute atomic E-state index is 0.119. The number of rotatable bonds is 5. The summed E-state index contributed by atoms with van der Waals surface area (Å²) >= 11 is 1.55.